The highest BCUT2D eigenvalue weighted by Gasteiger charge is 2.22. The number of nitrogens with one attached hydrogen (secondary N) is 1. The molecule has 0 radical (unpaired) electrons. The van der Waals surface area contributed by atoms with Crippen LogP contribution < -0.4 is 4.72 Å². The van der Waals surface area contributed by atoms with Crippen LogP contribution in [0.1, 0.15) is 5.69 Å². The maximum absolute atomic E-state index is 12.0. The molecule has 0 spiro atoms. The lowest BCUT2D eigenvalue weighted by molar-refractivity contribution is 0.600. The molecular weight excluding hydrogens is 346 g/mol. The summed E-state index contributed by atoms with van der Waals surface area (Å²) < 4.78 is 48.5. The summed E-state index contributed by atoms with van der Waals surface area (Å²) in [6.45, 7) is 1.42. The van der Waals surface area contributed by atoms with E-state index in [2.05, 4.69) is 14.7 Å². The van der Waals surface area contributed by atoms with Crippen LogP contribution in [0.4, 0.5) is 5.13 Å². The first-order chi connectivity index (χ1) is 9.20. The Morgan fingerprint density at radius 2 is 2.00 bits per heavy atom. The average molecular weight is 354 g/mol. The van der Waals surface area contributed by atoms with Crippen LogP contribution in [-0.4, -0.2) is 26.8 Å². The van der Waals surface area contributed by atoms with Gasteiger partial charge in [0.15, 0.2) is 9.34 Å². The van der Waals surface area contributed by atoms with E-state index in [1.807, 2.05) is 0 Å². The number of nitrogens with zero attached hydrogens (tertiary/aromatic N) is 2. The molecule has 2 heterocycles. The van der Waals surface area contributed by atoms with Crippen LogP contribution in [0.15, 0.2) is 33.6 Å². The molecule has 2 aromatic rings. The van der Waals surface area contributed by atoms with E-state index in [0.717, 1.165) is 0 Å². The molecule has 7 nitrogen and oxygen atoms in total. The van der Waals surface area contributed by atoms with Crippen molar-refractivity contribution in [2.75, 3.05) is 4.72 Å². The molecule has 0 saturated heterocycles. The SMILES string of the molecule is Cc1nc(NS(=O)(=O)c2cccnc2)sc1S(=O)(=O)Cl. The summed E-state index contributed by atoms with van der Waals surface area (Å²) in [5, 5.41) is -0.0782. The van der Waals surface area contributed by atoms with Crippen molar-refractivity contribution in [1.82, 2.24) is 9.97 Å². The molecule has 1 N–H and O–H groups in total. The molecule has 11 heteroatoms. The van der Waals surface area contributed by atoms with Crippen LogP contribution in [0, 0.1) is 6.92 Å². The normalized spacial score (nSPS) is 12.3. The van der Waals surface area contributed by atoms with Crippen molar-refractivity contribution in [1.29, 1.82) is 0 Å². The van der Waals surface area contributed by atoms with E-state index in [9.17, 15) is 16.8 Å². The minimum atomic E-state index is -3.95. The van der Waals surface area contributed by atoms with Crippen molar-refractivity contribution in [3.05, 3.63) is 30.2 Å². The molecule has 0 saturated carbocycles. The van der Waals surface area contributed by atoms with E-state index in [-0.39, 0.29) is 19.9 Å². The highest BCUT2D eigenvalue weighted by molar-refractivity contribution is 8.15. The van der Waals surface area contributed by atoms with Gasteiger partial charge in [0.2, 0.25) is 0 Å². The molecule has 0 atom stereocenters. The number of hydrogen-bond donors (Lipinski definition) is 1. The Bertz CT molecular complexity index is 831. The van der Waals surface area contributed by atoms with Crippen molar-refractivity contribution in [3.8, 4) is 0 Å². The highest BCUT2D eigenvalue weighted by atomic mass is 35.7. The highest BCUT2D eigenvalue weighted by Crippen LogP contribution is 2.30. The topological polar surface area (TPSA) is 106 Å². The summed E-state index contributed by atoms with van der Waals surface area (Å²) in [6, 6.07) is 2.82. The third-order valence-electron chi connectivity index (χ3n) is 2.14. The van der Waals surface area contributed by atoms with Gasteiger partial charge >= 0.3 is 0 Å². The number of pyridine rings is 1. The number of halogens is 1. The number of aryl methyl sites for hydroxylation is 1. The first-order valence-electron chi connectivity index (χ1n) is 5.05. The second-order valence-electron chi connectivity index (χ2n) is 3.62. The van der Waals surface area contributed by atoms with Gasteiger partial charge in [-0.15, -0.1) is 0 Å². The minimum Gasteiger partial charge on any atom is -0.263 e. The lowest BCUT2D eigenvalue weighted by Gasteiger charge is -2.03. The van der Waals surface area contributed by atoms with Gasteiger partial charge in [-0.3, -0.25) is 9.71 Å². The zero-order valence-corrected chi connectivity index (χ0v) is 13.1. The molecule has 0 aromatic carbocycles. The third kappa shape index (κ3) is 3.26. The van der Waals surface area contributed by atoms with Gasteiger partial charge in [-0.1, -0.05) is 11.3 Å². The molecule has 0 aliphatic heterocycles. The van der Waals surface area contributed by atoms with Crippen molar-refractivity contribution in [3.63, 3.8) is 0 Å². The number of rotatable bonds is 4. The predicted molar refractivity (Wildman–Crippen MR) is 74.9 cm³/mol. The molecule has 0 aliphatic carbocycles. The van der Waals surface area contributed by atoms with E-state index in [1.54, 1.807) is 0 Å². The summed E-state index contributed by atoms with van der Waals surface area (Å²) in [6.07, 6.45) is 2.60. The van der Waals surface area contributed by atoms with E-state index in [1.165, 1.54) is 31.5 Å². The Labute approximate surface area is 124 Å². The first kappa shape index (κ1) is 15.2. The fourth-order valence-electron chi connectivity index (χ4n) is 1.33. The van der Waals surface area contributed by atoms with Gasteiger partial charge in [0, 0.05) is 23.1 Å². The van der Waals surface area contributed by atoms with Crippen LogP contribution in [0.2, 0.25) is 0 Å². The smallest absolute Gasteiger partial charge is 0.263 e. The molecule has 0 amide bonds. The second kappa shape index (κ2) is 5.28. The number of thiazole rings is 1. The maximum Gasteiger partial charge on any atom is 0.272 e. The molecule has 2 rings (SSSR count). The lowest BCUT2D eigenvalue weighted by Crippen LogP contribution is -2.12. The van der Waals surface area contributed by atoms with E-state index in [4.69, 9.17) is 10.7 Å². The Hall–Kier alpha value is -1.23. The Kier molecular flexibility index (Phi) is 4.00. The molecule has 0 aliphatic rings. The zero-order valence-electron chi connectivity index (χ0n) is 9.94. The molecule has 2 aromatic heterocycles. The fourth-order valence-corrected chi connectivity index (χ4v) is 4.88. The molecule has 20 heavy (non-hydrogen) atoms. The summed E-state index contributed by atoms with van der Waals surface area (Å²) in [4.78, 5) is 7.48. The Morgan fingerprint density at radius 3 is 2.50 bits per heavy atom. The molecular formula is C9H8ClN3O4S3. The number of hydrogen-bond acceptors (Lipinski definition) is 7. The molecule has 0 bridgehead atoms. The van der Waals surface area contributed by atoms with Crippen LogP contribution in [0.25, 0.3) is 0 Å². The van der Waals surface area contributed by atoms with Crippen molar-refractivity contribution >= 4 is 46.2 Å². The van der Waals surface area contributed by atoms with E-state index < -0.39 is 19.1 Å². The van der Waals surface area contributed by atoms with Crippen LogP contribution in [-0.2, 0) is 19.1 Å². The molecule has 0 fully saturated rings. The van der Waals surface area contributed by atoms with Gasteiger partial charge in [0.05, 0.1) is 5.69 Å². The van der Waals surface area contributed by atoms with Crippen molar-refractivity contribution in [2.24, 2.45) is 0 Å². The van der Waals surface area contributed by atoms with E-state index in [0.29, 0.717) is 11.3 Å². The summed E-state index contributed by atoms with van der Waals surface area (Å²) in [5.74, 6) is 0. The third-order valence-corrected chi connectivity index (χ3v) is 6.85. The lowest BCUT2D eigenvalue weighted by atomic mass is 10.5. The van der Waals surface area contributed by atoms with Gasteiger partial charge in [-0.25, -0.2) is 21.8 Å². The van der Waals surface area contributed by atoms with Gasteiger partial charge in [0.25, 0.3) is 19.1 Å². The summed E-state index contributed by atoms with van der Waals surface area (Å²) in [5.41, 5.74) is 0.133. The molecule has 108 valence electrons. The standard InChI is InChI=1S/C9H8ClN3O4S3/c1-6-8(19(10,14)15)18-9(12-6)13-20(16,17)7-3-2-4-11-5-7/h2-5H,1H3,(H,12,13). The second-order valence-corrected chi connectivity index (χ2v) is 9.07. The van der Waals surface area contributed by atoms with Gasteiger partial charge in [-0.2, -0.15) is 0 Å². The monoisotopic (exact) mass is 353 g/mol. The van der Waals surface area contributed by atoms with Gasteiger partial charge in [0.1, 0.15) is 4.90 Å². The van der Waals surface area contributed by atoms with Crippen LogP contribution in [0.3, 0.4) is 0 Å². The number of sulfonamides is 1. The number of aromatic nitrogens is 2. The van der Waals surface area contributed by atoms with Crippen LogP contribution >= 0.6 is 22.0 Å². The quantitative estimate of drug-likeness (QED) is 0.836. The average Bonchev–Trinajstić information content (AvgIpc) is 2.70. The summed E-state index contributed by atoms with van der Waals surface area (Å²) >= 11 is 0.646. The Morgan fingerprint density at radius 1 is 1.30 bits per heavy atom. The Balaban J connectivity index is 2.37. The van der Waals surface area contributed by atoms with Crippen molar-refractivity contribution < 1.29 is 16.8 Å². The fraction of sp³-hybridized carbons (Fsp3) is 0.111. The first-order valence-corrected chi connectivity index (χ1v) is 9.66. The largest absolute Gasteiger partial charge is 0.272 e. The van der Waals surface area contributed by atoms with Gasteiger partial charge in [-0.05, 0) is 19.1 Å². The minimum absolute atomic E-state index is 0.0527. The van der Waals surface area contributed by atoms with Crippen LogP contribution in [0.5, 0.6) is 0 Å². The van der Waals surface area contributed by atoms with Gasteiger partial charge < -0.3 is 0 Å². The maximum atomic E-state index is 12.0. The van der Waals surface area contributed by atoms with Crippen molar-refractivity contribution in [2.45, 2.75) is 16.0 Å². The molecule has 0 unspecified atom stereocenters. The number of anilines is 1. The van der Waals surface area contributed by atoms with E-state index >= 15 is 0 Å². The summed E-state index contributed by atoms with van der Waals surface area (Å²) in [7, 11) is -2.60. The zero-order chi connectivity index (χ0) is 15.0. The predicted octanol–water partition coefficient (Wildman–Crippen LogP) is 1.57.